The van der Waals surface area contributed by atoms with Crippen molar-refractivity contribution >= 4 is 23.2 Å². The molecule has 2 amide bonds. The van der Waals surface area contributed by atoms with Crippen LogP contribution in [0.25, 0.3) is 0 Å². The second kappa shape index (κ2) is 11.0. The molecule has 3 heterocycles. The minimum Gasteiger partial charge on any atom is -0.493 e. The van der Waals surface area contributed by atoms with E-state index in [2.05, 4.69) is 10.4 Å². The standard InChI is InChI=1S/C23H30N4O6S/c1-30-18-5-4-16(19(31-2)20(18)32-3)23(29)26-8-6-15(7-9-26)22-24-17(14-34-22)21(28)25-27-10-12-33-13-11-27/h4-5,14-15H,6-13H2,1-3H3,(H,25,28). The number of nitrogens with zero attached hydrogens (tertiary/aromatic N) is 3. The zero-order chi connectivity index (χ0) is 24.1. The molecule has 1 N–H and O–H groups in total. The number of hydrazine groups is 1. The van der Waals surface area contributed by atoms with Crippen LogP contribution >= 0.6 is 11.3 Å². The number of methoxy groups -OCH3 is 3. The number of rotatable bonds is 7. The average molecular weight is 491 g/mol. The number of carbonyl (C=O) groups excluding carboxylic acids is 2. The van der Waals surface area contributed by atoms with E-state index in [1.807, 2.05) is 9.91 Å². The Labute approximate surface area is 202 Å². The number of nitrogens with one attached hydrogen (secondary N) is 1. The normalized spacial score (nSPS) is 17.3. The van der Waals surface area contributed by atoms with E-state index in [0.29, 0.717) is 67.9 Å². The van der Waals surface area contributed by atoms with E-state index < -0.39 is 0 Å². The lowest BCUT2D eigenvalue weighted by Gasteiger charge is -2.31. The molecule has 4 rings (SSSR count). The third-order valence-electron chi connectivity index (χ3n) is 6.09. The summed E-state index contributed by atoms with van der Waals surface area (Å²) in [7, 11) is 4.57. The number of benzene rings is 1. The summed E-state index contributed by atoms with van der Waals surface area (Å²) < 4.78 is 21.5. The lowest BCUT2D eigenvalue weighted by atomic mass is 9.97. The maximum atomic E-state index is 13.2. The topological polar surface area (TPSA) is 102 Å². The largest absolute Gasteiger partial charge is 0.493 e. The van der Waals surface area contributed by atoms with Gasteiger partial charge in [-0.1, -0.05) is 0 Å². The first-order valence-electron chi connectivity index (χ1n) is 11.2. The molecule has 11 heteroatoms. The van der Waals surface area contributed by atoms with Gasteiger partial charge in [-0.15, -0.1) is 11.3 Å². The van der Waals surface area contributed by atoms with Gasteiger partial charge >= 0.3 is 0 Å². The van der Waals surface area contributed by atoms with Crippen LogP contribution in [0.2, 0.25) is 0 Å². The number of aromatic nitrogens is 1. The van der Waals surface area contributed by atoms with Crippen LogP contribution in [0.4, 0.5) is 0 Å². The first-order valence-corrected chi connectivity index (χ1v) is 12.1. The molecule has 2 aliphatic heterocycles. The number of amides is 2. The Kier molecular flexibility index (Phi) is 7.86. The van der Waals surface area contributed by atoms with Gasteiger partial charge in [-0.05, 0) is 25.0 Å². The van der Waals surface area contributed by atoms with Gasteiger partial charge in [0.15, 0.2) is 11.5 Å². The summed E-state index contributed by atoms with van der Waals surface area (Å²) in [5.41, 5.74) is 3.76. The van der Waals surface area contributed by atoms with Crippen LogP contribution in [0.1, 0.15) is 44.6 Å². The molecular formula is C23H30N4O6S. The molecular weight excluding hydrogens is 460 g/mol. The SMILES string of the molecule is COc1ccc(C(=O)N2CCC(c3nc(C(=O)NN4CCOCC4)cs3)CC2)c(OC)c1OC. The molecule has 0 radical (unpaired) electrons. The minimum absolute atomic E-state index is 0.110. The third kappa shape index (κ3) is 5.11. The number of hydrogen-bond acceptors (Lipinski definition) is 9. The number of piperidine rings is 1. The number of likely N-dealkylation sites (tertiary alicyclic amines) is 1. The zero-order valence-corrected chi connectivity index (χ0v) is 20.5. The summed E-state index contributed by atoms with van der Waals surface area (Å²) in [6, 6.07) is 3.41. The van der Waals surface area contributed by atoms with Crippen molar-refractivity contribution in [1.29, 1.82) is 0 Å². The van der Waals surface area contributed by atoms with Crippen molar-refractivity contribution in [3.05, 3.63) is 33.8 Å². The van der Waals surface area contributed by atoms with Gasteiger partial charge in [0.2, 0.25) is 5.75 Å². The maximum absolute atomic E-state index is 13.2. The van der Waals surface area contributed by atoms with Crippen LogP contribution in [0.3, 0.4) is 0 Å². The van der Waals surface area contributed by atoms with E-state index >= 15 is 0 Å². The molecule has 2 fully saturated rings. The summed E-state index contributed by atoms with van der Waals surface area (Å²) in [4.78, 5) is 32.2. The monoisotopic (exact) mass is 490 g/mol. The molecule has 10 nitrogen and oxygen atoms in total. The van der Waals surface area contributed by atoms with E-state index in [4.69, 9.17) is 18.9 Å². The Hall–Kier alpha value is -2.89. The van der Waals surface area contributed by atoms with Crippen LogP contribution in [-0.4, -0.2) is 87.4 Å². The van der Waals surface area contributed by atoms with E-state index in [1.54, 1.807) is 24.6 Å². The molecule has 0 unspecified atom stereocenters. The smallest absolute Gasteiger partial charge is 0.285 e. The van der Waals surface area contributed by atoms with Crippen LogP contribution in [-0.2, 0) is 4.74 Å². The zero-order valence-electron chi connectivity index (χ0n) is 19.7. The molecule has 2 aromatic rings. The third-order valence-corrected chi connectivity index (χ3v) is 7.10. The predicted octanol–water partition coefficient (Wildman–Crippen LogP) is 2.17. The summed E-state index contributed by atoms with van der Waals surface area (Å²) in [5.74, 6) is 1.18. The van der Waals surface area contributed by atoms with Crippen molar-refractivity contribution in [2.45, 2.75) is 18.8 Å². The highest BCUT2D eigenvalue weighted by Gasteiger charge is 2.30. The van der Waals surface area contributed by atoms with Gasteiger partial charge < -0.3 is 23.8 Å². The number of morpholine rings is 1. The second-order valence-electron chi connectivity index (χ2n) is 8.06. The first kappa shape index (κ1) is 24.2. The van der Waals surface area contributed by atoms with Gasteiger partial charge in [-0.25, -0.2) is 9.99 Å². The van der Waals surface area contributed by atoms with Gasteiger partial charge in [0.1, 0.15) is 5.69 Å². The van der Waals surface area contributed by atoms with Gasteiger partial charge in [0, 0.05) is 37.5 Å². The van der Waals surface area contributed by atoms with Gasteiger partial charge in [-0.3, -0.25) is 15.0 Å². The molecule has 0 atom stereocenters. The van der Waals surface area contributed by atoms with E-state index in [-0.39, 0.29) is 17.7 Å². The second-order valence-corrected chi connectivity index (χ2v) is 8.95. The molecule has 34 heavy (non-hydrogen) atoms. The number of carbonyl (C=O) groups is 2. The van der Waals surface area contributed by atoms with Crippen LogP contribution < -0.4 is 19.6 Å². The van der Waals surface area contributed by atoms with Crippen molar-refractivity contribution in [3.63, 3.8) is 0 Å². The fraction of sp³-hybridized carbons (Fsp3) is 0.522. The Morgan fingerprint density at radius 3 is 2.38 bits per heavy atom. The summed E-state index contributed by atoms with van der Waals surface area (Å²) >= 11 is 1.50. The summed E-state index contributed by atoms with van der Waals surface area (Å²) in [5, 5.41) is 4.59. The molecule has 2 aliphatic rings. The van der Waals surface area contributed by atoms with Crippen LogP contribution in [0.5, 0.6) is 17.2 Å². The van der Waals surface area contributed by atoms with E-state index in [0.717, 1.165) is 17.8 Å². The number of thiazole rings is 1. The fourth-order valence-corrected chi connectivity index (χ4v) is 5.20. The molecule has 2 saturated heterocycles. The fourth-order valence-electron chi connectivity index (χ4n) is 4.23. The Balaban J connectivity index is 1.37. The Bertz CT molecular complexity index is 1010. The van der Waals surface area contributed by atoms with E-state index in [9.17, 15) is 9.59 Å². The summed E-state index contributed by atoms with van der Waals surface area (Å²) in [6.45, 7) is 3.73. The number of hydrogen-bond donors (Lipinski definition) is 1. The predicted molar refractivity (Wildman–Crippen MR) is 126 cm³/mol. The molecule has 0 spiro atoms. The van der Waals surface area contributed by atoms with Crippen LogP contribution in [0, 0.1) is 0 Å². The number of ether oxygens (including phenoxy) is 4. The highest BCUT2D eigenvalue weighted by molar-refractivity contribution is 7.09. The lowest BCUT2D eigenvalue weighted by molar-refractivity contribution is 0.0125. The molecule has 1 aromatic heterocycles. The lowest BCUT2D eigenvalue weighted by Crippen LogP contribution is -2.48. The molecule has 0 aliphatic carbocycles. The summed E-state index contributed by atoms with van der Waals surface area (Å²) in [6.07, 6.45) is 1.55. The highest BCUT2D eigenvalue weighted by Crippen LogP contribution is 2.40. The van der Waals surface area contributed by atoms with Crippen molar-refractivity contribution in [1.82, 2.24) is 20.3 Å². The average Bonchev–Trinajstić information content (AvgIpc) is 3.38. The quantitative estimate of drug-likeness (QED) is 0.630. The molecule has 0 bridgehead atoms. The maximum Gasteiger partial charge on any atom is 0.285 e. The van der Waals surface area contributed by atoms with Gasteiger partial charge in [0.05, 0.1) is 45.1 Å². The van der Waals surface area contributed by atoms with Crippen molar-refractivity contribution in [2.75, 3.05) is 60.7 Å². The van der Waals surface area contributed by atoms with Gasteiger partial charge in [0.25, 0.3) is 11.8 Å². The van der Waals surface area contributed by atoms with Crippen molar-refractivity contribution in [2.24, 2.45) is 0 Å². The van der Waals surface area contributed by atoms with E-state index in [1.165, 1.54) is 25.6 Å². The first-order chi connectivity index (χ1) is 16.5. The Morgan fingerprint density at radius 2 is 1.74 bits per heavy atom. The van der Waals surface area contributed by atoms with Crippen molar-refractivity contribution < 1.29 is 28.5 Å². The molecule has 1 aromatic carbocycles. The molecule has 0 saturated carbocycles. The Morgan fingerprint density at radius 1 is 1.03 bits per heavy atom. The minimum atomic E-state index is -0.197. The van der Waals surface area contributed by atoms with Gasteiger partial charge in [-0.2, -0.15) is 0 Å². The molecule has 184 valence electrons. The highest BCUT2D eigenvalue weighted by atomic mass is 32.1. The van der Waals surface area contributed by atoms with Crippen LogP contribution in [0.15, 0.2) is 17.5 Å². The van der Waals surface area contributed by atoms with Crippen molar-refractivity contribution in [3.8, 4) is 17.2 Å².